The van der Waals surface area contributed by atoms with E-state index in [0.29, 0.717) is 35.6 Å². The quantitative estimate of drug-likeness (QED) is 0.685. The van der Waals surface area contributed by atoms with Crippen molar-refractivity contribution in [1.29, 1.82) is 0 Å². The average Bonchev–Trinajstić information content (AvgIpc) is 2.62. The third-order valence-corrected chi connectivity index (χ3v) is 4.12. The molecule has 0 spiro atoms. The molecule has 0 amide bonds. The maximum Gasteiger partial charge on any atom is 0.258 e. The Balaban J connectivity index is 1.62. The molecule has 0 fully saturated rings. The number of hydrogen-bond donors (Lipinski definition) is 2. The smallest absolute Gasteiger partial charge is 0.258 e. The van der Waals surface area contributed by atoms with Gasteiger partial charge in [-0.15, -0.1) is 0 Å². The molecule has 0 aliphatic heterocycles. The van der Waals surface area contributed by atoms with E-state index in [0.717, 1.165) is 13.1 Å². The second-order valence-corrected chi connectivity index (χ2v) is 5.86. The van der Waals surface area contributed by atoms with Gasteiger partial charge in [0.2, 0.25) is 0 Å². The molecule has 0 saturated heterocycles. The fourth-order valence-corrected chi connectivity index (χ4v) is 2.69. The Kier molecular flexibility index (Phi) is 5.40. The van der Waals surface area contributed by atoms with Gasteiger partial charge in [0.25, 0.3) is 5.56 Å². The lowest BCUT2D eigenvalue weighted by atomic mass is 10.2. The van der Waals surface area contributed by atoms with Crippen molar-refractivity contribution in [3.8, 4) is 5.75 Å². The number of aromatic amines is 1. The molecule has 6 heteroatoms. The Morgan fingerprint density at radius 1 is 1.16 bits per heavy atom. The summed E-state index contributed by atoms with van der Waals surface area (Å²) in [6.07, 6.45) is 0. The van der Waals surface area contributed by atoms with Gasteiger partial charge in [0.15, 0.2) is 5.82 Å². The van der Waals surface area contributed by atoms with Crippen molar-refractivity contribution in [3.63, 3.8) is 0 Å². The van der Waals surface area contributed by atoms with Crippen LogP contribution in [0.2, 0.25) is 0 Å². The van der Waals surface area contributed by atoms with Crippen LogP contribution >= 0.6 is 0 Å². The normalized spacial score (nSPS) is 12.2. The minimum absolute atomic E-state index is 0.112. The number of H-pyrrole nitrogens is 1. The summed E-state index contributed by atoms with van der Waals surface area (Å²) < 4.78 is 18.5. The Bertz CT molecular complexity index is 893. The zero-order valence-corrected chi connectivity index (χ0v) is 14.1. The number of ether oxygens (including phenoxy) is 1. The molecular formula is C19H21FN3O2+. The molecule has 0 aliphatic carbocycles. The predicted molar refractivity (Wildman–Crippen MR) is 94.3 cm³/mol. The van der Waals surface area contributed by atoms with E-state index < -0.39 is 0 Å². The fraction of sp³-hybridized carbons (Fsp3) is 0.263. The van der Waals surface area contributed by atoms with Gasteiger partial charge in [-0.2, -0.15) is 0 Å². The Hall–Kier alpha value is -2.73. The summed E-state index contributed by atoms with van der Waals surface area (Å²) in [5.41, 5.74) is 0.595. The van der Waals surface area contributed by atoms with E-state index in [1.807, 2.05) is 18.2 Å². The summed E-state index contributed by atoms with van der Waals surface area (Å²) in [4.78, 5) is 20.8. The number of quaternary nitrogens is 1. The van der Waals surface area contributed by atoms with Crippen molar-refractivity contribution in [1.82, 2.24) is 9.97 Å². The van der Waals surface area contributed by atoms with Crippen LogP contribution in [0.15, 0.2) is 53.3 Å². The molecular weight excluding hydrogens is 321 g/mol. The Labute approximate surface area is 145 Å². The lowest BCUT2D eigenvalue weighted by Gasteiger charge is -2.17. The van der Waals surface area contributed by atoms with E-state index in [9.17, 15) is 9.18 Å². The standard InChI is InChI=1S/C19H20FN3O2/c1-2-23(11-12-25-15-9-7-14(20)8-10-15)13-18-21-17-6-4-3-5-16(17)19(24)22-18/h3-10H,2,11-13H2,1H3,(H,21,22,24)/p+1. The summed E-state index contributed by atoms with van der Waals surface area (Å²) in [6, 6.07) is 13.3. The first-order valence-electron chi connectivity index (χ1n) is 8.35. The molecule has 0 saturated carbocycles. The number of para-hydroxylation sites is 1. The highest BCUT2D eigenvalue weighted by Crippen LogP contribution is 2.10. The molecule has 0 bridgehead atoms. The molecule has 3 rings (SSSR count). The summed E-state index contributed by atoms with van der Waals surface area (Å²) >= 11 is 0. The summed E-state index contributed by atoms with van der Waals surface area (Å²) in [5, 5.41) is 0.601. The SMILES string of the molecule is CC[NH+](CCOc1ccc(F)cc1)Cc1nc2ccccc2c(=O)[nH]1. The predicted octanol–water partition coefficient (Wildman–Crippen LogP) is 1.55. The highest BCUT2D eigenvalue weighted by molar-refractivity contribution is 5.77. The van der Waals surface area contributed by atoms with Crippen molar-refractivity contribution in [2.45, 2.75) is 13.5 Å². The van der Waals surface area contributed by atoms with Gasteiger partial charge in [-0.1, -0.05) is 12.1 Å². The number of fused-ring (bicyclic) bond motifs is 1. The van der Waals surface area contributed by atoms with Crippen LogP contribution < -0.4 is 15.2 Å². The van der Waals surface area contributed by atoms with Crippen LogP contribution in [0.4, 0.5) is 4.39 Å². The van der Waals surface area contributed by atoms with Crippen molar-refractivity contribution in [2.75, 3.05) is 19.7 Å². The van der Waals surface area contributed by atoms with E-state index in [2.05, 4.69) is 16.9 Å². The first-order chi connectivity index (χ1) is 12.2. The zero-order chi connectivity index (χ0) is 17.6. The molecule has 0 aliphatic rings. The number of aromatic nitrogens is 2. The molecule has 1 unspecified atom stereocenters. The van der Waals surface area contributed by atoms with Crippen LogP contribution in [0.3, 0.4) is 0 Å². The van der Waals surface area contributed by atoms with E-state index in [1.165, 1.54) is 17.0 Å². The summed E-state index contributed by atoms with van der Waals surface area (Å²) in [5.74, 6) is 1.04. The van der Waals surface area contributed by atoms with Crippen LogP contribution in [-0.4, -0.2) is 29.7 Å². The lowest BCUT2D eigenvalue weighted by Crippen LogP contribution is -3.11. The van der Waals surface area contributed by atoms with Crippen LogP contribution in [0.5, 0.6) is 5.75 Å². The monoisotopic (exact) mass is 342 g/mol. The van der Waals surface area contributed by atoms with Crippen LogP contribution in [0.25, 0.3) is 10.9 Å². The van der Waals surface area contributed by atoms with Crippen molar-refractivity contribution < 1.29 is 14.0 Å². The number of nitrogens with zero attached hydrogens (tertiary/aromatic N) is 1. The van der Waals surface area contributed by atoms with Gasteiger partial charge in [-0.25, -0.2) is 9.37 Å². The van der Waals surface area contributed by atoms with Crippen molar-refractivity contribution >= 4 is 10.9 Å². The molecule has 0 radical (unpaired) electrons. The molecule has 25 heavy (non-hydrogen) atoms. The highest BCUT2D eigenvalue weighted by Gasteiger charge is 2.11. The van der Waals surface area contributed by atoms with E-state index in [1.54, 1.807) is 18.2 Å². The highest BCUT2D eigenvalue weighted by atomic mass is 19.1. The Morgan fingerprint density at radius 3 is 2.68 bits per heavy atom. The van der Waals surface area contributed by atoms with Crippen LogP contribution in [0.1, 0.15) is 12.7 Å². The summed E-state index contributed by atoms with van der Waals surface area (Å²) in [6.45, 7) is 4.83. The minimum Gasteiger partial charge on any atom is -0.488 e. The molecule has 2 N–H and O–H groups in total. The van der Waals surface area contributed by atoms with Gasteiger partial charge in [-0.3, -0.25) is 4.79 Å². The topological polar surface area (TPSA) is 59.4 Å². The second kappa shape index (κ2) is 7.90. The maximum atomic E-state index is 12.9. The number of likely N-dealkylation sites (N-methyl/N-ethyl adjacent to an activating group) is 1. The number of hydrogen-bond acceptors (Lipinski definition) is 3. The number of nitrogens with one attached hydrogen (secondary N) is 2. The number of halogens is 1. The van der Waals surface area contributed by atoms with E-state index >= 15 is 0 Å². The van der Waals surface area contributed by atoms with E-state index in [4.69, 9.17) is 4.74 Å². The van der Waals surface area contributed by atoms with Gasteiger partial charge >= 0.3 is 0 Å². The van der Waals surface area contributed by atoms with Gasteiger partial charge < -0.3 is 14.6 Å². The van der Waals surface area contributed by atoms with Gasteiger partial charge in [0, 0.05) is 0 Å². The third kappa shape index (κ3) is 4.42. The zero-order valence-electron chi connectivity index (χ0n) is 14.1. The van der Waals surface area contributed by atoms with Crippen LogP contribution in [0, 0.1) is 5.82 Å². The molecule has 1 aromatic heterocycles. The van der Waals surface area contributed by atoms with E-state index in [-0.39, 0.29) is 11.4 Å². The Morgan fingerprint density at radius 2 is 1.92 bits per heavy atom. The van der Waals surface area contributed by atoms with Gasteiger partial charge in [0.05, 0.1) is 17.4 Å². The van der Waals surface area contributed by atoms with Crippen molar-refractivity contribution in [3.05, 3.63) is 70.5 Å². The number of benzene rings is 2. The van der Waals surface area contributed by atoms with Crippen molar-refractivity contribution in [2.24, 2.45) is 0 Å². The number of rotatable bonds is 7. The molecule has 5 nitrogen and oxygen atoms in total. The van der Waals surface area contributed by atoms with Crippen LogP contribution in [-0.2, 0) is 6.54 Å². The largest absolute Gasteiger partial charge is 0.488 e. The van der Waals surface area contributed by atoms with Gasteiger partial charge in [0.1, 0.15) is 31.3 Å². The molecule has 1 heterocycles. The third-order valence-electron chi connectivity index (χ3n) is 4.12. The van der Waals surface area contributed by atoms with Gasteiger partial charge in [-0.05, 0) is 43.3 Å². The molecule has 130 valence electrons. The first kappa shape index (κ1) is 17.1. The first-order valence-corrected chi connectivity index (χ1v) is 8.35. The molecule has 3 aromatic rings. The fourth-order valence-electron chi connectivity index (χ4n) is 2.69. The minimum atomic E-state index is -0.278. The lowest BCUT2D eigenvalue weighted by molar-refractivity contribution is -0.912. The average molecular weight is 342 g/mol. The molecule has 1 atom stereocenters. The second-order valence-electron chi connectivity index (χ2n) is 5.86. The molecule has 2 aromatic carbocycles. The summed E-state index contributed by atoms with van der Waals surface area (Å²) in [7, 11) is 0. The maximum absolute atomic E-state index is 12.9.